The van der Waals surface area contributed by atoms with Crippen LogP contribution in [0.25, 0.3) is 0 Å². The molecule has 1 fully saturated rings. The minimum absolute atomic E-state index is 0.214. The van der Waals surface area contributed by atoms with Crippen molar-refractivity contribution in [3.63, 3.8) is 0 Å². The highest BCUT2D eigenvalue weighted by Gasteiger charge is 2.18. The van der Waals surface area contributed by atoms with Crippen molar-refractivity contribution in [1.29, 1.82) is 0 Å². The van der Waals surface area contributed by atoms with Crippen molar-refractivity contribution in [2.45, 2.75) is 31.7 Å². The van der Waals surface area contributed by atoms with Crippen molar-refractivity contribution in [2.75, 3.05) is 33.4 Å². The summed E-state index contributed by atoms with van der Waals surface area (Å²) in [6.07, 6.45) is 4.01. The Morgan fingerprint density at radius 1 is 1.35 bits per heavy atom. The lowest BCUT2D eigenvalue weighted by Crippen LogP contribution is -2.34. The van der Waals surface area contributed by atoms with Gasteiger partial charge in [-0.2, -0.15) is 0 Å². The van der Waals surface area contributed by atoms with Crippen molar-refractivity contribution >= 4 is 5.97 Å². The Labute approximate surface area is 137 Å². The number of nitrogens with zero attached hydrogens (tertiary/aromatic N) is 1. The summed E-state index contributed by atoms with van der Waals surface area (Å²) in [7, 11) is 1.58. The third-order valence-corrected chi connectivity index (χ3v) is 4.14. The predicted molar refractivity (Wildman–Crippen MR) is 88.1 cm³/mol. The highest BCUT2D eigenvalue weighted by molar-refractivity contribution is 5.73. The Morgan fingerprint density at radius 3 is 2.74 bits per heavy atom. The molecule has 0 aromatic heterocycles. The number of hydrogen-bond acceptors (Lipinski definition) is 5. The van der Waals surface area contributed by atoms with E-state index in [1.807, 2.05) is 18.2 Å². The number of rotatable bonds is 8. The van der Waals surface area contributed by atoms with Crippen LogP contribution in [-0.4, -0.2) is 55.4 Å². The molecule has 1 aliphatic rings. The van der Waals surface area contributed by atoms with E-state index in [-0.39, 0.29) is 6.42 Å². The van der Waals surface area contributed by atoms with Crippen LogP contribution in [-0.2, 0) is 11.2 Å². The zero-order chi connectivity index (χ0) is 16.7. The Balaban J connectivity index is 2.00. The van der Waals surface area contributed by atoms with Crippen LogP contribution in [0.3, 0.4) is 0 Å². The van der Waals surface area contributed by atoms with Gasteiger partial charge < -0.3 is 20.3 Å². The summed E-state index contributed by atoms with van der Waals surface area (Å²) in [6, 6.07) is 4.51. The topological polar surface area (TPSA) is 85.0 Å². The first-order chi connectivity index (χ1) is 11.1. The SMILES string of the molecule is COc1cccc(CC(N)C(=O)O)c1OCCN1CCCCC1. The van der Waals surface area contributed by atoms with Crippen molar-refractivity contribution in [3.8, 4) is 11.5 Å². The van der Waals surface area contributed by atoms with Crippen molar-refractivity contribution in [1.82, 2.24) is 4.90 Å². The van der Waals surface area contributed by atoms with Gasteiger partial charge in [0, 0.05) is 18.5 Å². The Morgan fingerprint density at radius 2 is 2.09 bits per heavy atom. The maximum atomic E-state index is 11.0. The predicted octanol–water partition coefficient (Wildman–Crippen LogP) is 1.51. The number of carboxylic acids is 1. The smallest absolute Gasteiger partial charge is 0.320 e. The molecule has 6 heteroatoms. The number of para-hydroxylation sites is 1. The zero-order valence-electron chi connectivity index (χ0n) is 13.7. The minimum Gasteiger partial charge on any atom is -0.493 e. The van der Waals surface area contributed by atoms with E-state index in [1.165, 1.54) is 19.3 Å². The molecule has 0 amide bonds. The first-order valence-electron chi connectivity index (χ1n) is 8.11. The molecule has 23 heavy (non-hydrogen) atoms. The van der Waals surface area contributed by atoms with E-state index in [0.29, 0.717) is 18.1 Å². The van der Waals surface area contributed by atoms with Crippen molar-refractivity contribution < 1.29 is 19.4 Å². The van der Waals surface area contributed by atoms with E-state index in [1.54, 1.807) is 7.11 Å². The lowest BCUT2D eigenvalue weighted by atomic mass is 10.0. The van der Waals surface area contributed by atoms with E-state index in [0.717, 1.165) is 25.2 Å². The molecular weight excluding hydrogens is 296 g/mol. The number of benzene rings is 1. The van der Waals surface area contributed by atoms with E-state index < -0.39 is 12.0 Å². The van der Waals surface area contributed by atoms with E-state index >= 15 is 0 Å². The molecule has 1 unspecified atom stereocenters. The molecule has 0 spiro atoms. The number of aliphatic carboxylic acids is 1. The lowest BCUT2D eigenvalue weighted by Gasteiger charge is -2.26. The van der Waals surface area contributed by atoms with Gasteiger partial charge in [0.25, 0.3) is 0 Å². The van der Waals surface area contributed by atoms with Gasteiger partial charge in [0.15, 0.2) is 11.5 Å². The van der Waals surface area contributed by atoms with Gasteiger partial charge in [0.1, 0.15) is 12.6 Å². The molecule has 3 N–H and O–H groups in total. The van der Waals surface area contributed by atoms with Crippen LogP contribution in [0.4, 0.5) is 0 Å². The fourth-order valence-electron chi connectivity index (χ4n) is 2.83. The number of likely N-dealkylation sites (tertiary alicyclic amines) is 1. The summed E-state index contributed by atoms with van der Waals surface area (Å²) < 4.78 is 11.3. The Hall–Kier alpha value is -1.79. The van der Waals surface area contributed by atoms with Gasteiger partial charge >= 0.3 is 5.97 Å². The number of carbonyl (C=O) groups is 1. The summed E-state index contributed by atoms with van der Waals surface area (Å²) in [5.74, 6) is 0.189. The van der Waals surface area contributed by atoms with Gasteiger partial charge in [-0.15, -0.1) is 0 Å². The maximum Gasteiger partial charge on any atom is 0.320 e. The highest BCUT2D eigenvalue weighted by atomic mass is 16.5. The van der Waals surface area contributed by atoms with Crippen LogP contribution in [0.5, 0.6) is 11.5 Å². The molecule has 2 rings (SSSR count). The molecule has 0 saturated carbocycles. The summed E-state index contributed by atoms with van der Waals surface area (Å²) in [5.41, 5.74) is 6.41. The number of methoxy groups -OCH3 is 1. The molecule has 0 radical (unpaired) electrons. The molecule has 6 nitrogen and oxygen atoms in total. The Bertz CT molecular complexity index is 515. The minimum atomic E-state index is -1.02. The number of piperidine rings is 1. The van der Waals surface area contributed by atoms with Gasteiger partial charge in [-0.1, -0.05) is 18.6 Å². The zero-order valence-corrected chi connectivity index (χ0v) is 13.7. The summed E-state index contributed by atoms with van der Waals surface area (Å²) >= 11 is 0. The number of carboxylic acid groups (broad SMARTS) is 1. The highest BCUT2D eigenvalue weighted by Crippen LogP contribution is 2.31. The fraction of sp³-hybridized carbons (Fsp3) is 0.588. The normalized spacial score (nSPS) is 16.8. The largest absolute Gasteiger partial charge is 0.493 e. The third-order valence-electron chi connectivity index (χ3n) is 4.14. The van der Waals surface area contributed by atoms with Crippen LogP contribution in [0.2, 0.25) is 0 Å². The molecule has 1 heterocycles. The van der Waals surface area contributed by atoms with E-state index in [2.05, 4.69) is 4.90 Å². The average molecular weight is 322 g/mol. The first kappa shape index (κ1) is 17.6. The molecule has 0 bridgehead atoms. The lowest BCUT2D eigenvalue weighted by molar-refractivity contribution is -0.138. The fourth-order valence-corrected chi connectivity index (χ4v) is 2.83. The molecule has 1 aromatic rings. The molecule has 1 aliphatic heterocycles. The quantitative estimate of drug-likeness (QED) is 0.755. The first-order valence-corrected chi connectivity index (χ1v) is 8.11. The van der Waals surface area contributed by atoms with Crippen LogP contribution >= 0.6 is 0 Å². The molecule has 1 aromatic carbocycles. The van der Waals surface area contributed by atoms with Crippen LogP contribution < -0.4 is 15.2 Å². The second-order valence-electron chi connectivity index (χ2n) is 5.85. The average Bonchev–Trinajstić information content (AvgIpc) is 2.56. The van der Waals surface area contributed by atoms with Crippen molar-refractivity contribution in [2.24, 2.45) is 5.73 Å². The number of nitrogens with two attached hydrogens (primary N) is 1. The van der Waals surface area contributed by atoms with Crippen molar-refractivity contribution in [3.05, 3.63) is 23.8 Å². The van der Waals surface area contributed by atoms with Gasteiger partial charge in [-0.05, 0) is 32.0 Å². The summed E-state index contributed by atoms with van der Waals surface area (Å²) in [6.45, 7) is 3.65. The van der Waals surface area contributed by atoms with Gasteiger partial charge in [0.2, 0.25) is 0 Å². The van der Waals surface area contributed by atoms with Crippen LogP contribution in [0, 0.1) is 0 Å². The second-order valence-corrected chi connectivity index (χ2v) is 5.85. The third kappa shape index (κ3) is 5.11. The second kappa shape index (κ2) is 8.74. The van der Waals surface area contributed by atoms with Crippen LogP contribution in [0.1, 0.15) is 24.8 Å². The monoisotopic (exact) mass is 322 g/mol. The number of hydrogen-bond donors (Lipinski definition) is 2. The Kier molecular flexibility index (Phi) is 6.67. The maximum absolute atomic E-state index is 11.0. The molecule has 1 atom stereocenters. The van der Waals surface area contributed by atoms with E-state index in [4.69, 9.17) is 20.3 Å². The number of ether oxygens (including phenoxy) is 2. The molecule has 1 saturated heterocycles. The molecule has 128 valence electrons. The molecular formula is C17H26N2O4. The summed E-state index contributed by atoms with van der Waals surface area (Å²) in [4.78, 5) is 13.4. The van der Waals surface area contributed by atoms with Gasteiger partial charge in [0.05, 0.1) is 7.11 Å². The van der Waals surface area contributed by atoms with Crippen LogP contribution in [0.15, 0.2) is 18.2 Å². The standard InChI is InChI=1S/C17H26N2O4/c1-22-15-7-5-6-13(12-14(18)17(20)21)16(15)23-11-10-19-8-3-2-4-9-19/h5-7,14H,2-4,8-12,18H2,1H3,(H,20,21). The summed E-state index contributed by atoms with van der Waals surface area (Å²) in [5, 5.41) is 9.00. The van der Waals surface area contributed by atoms with E-state index in [9.17, 15) is 4.79 Å². The van der Waals surface area contributed by atoms with Gasteiger partial charge in [-0.25, -0.2) is 0 Å². The van der Waals surface area contributed by atoms with Gasteiger partial charge in [-0.3, -0.25) is 9.69 Å². The molecule has 0 aliphatic carbocycles.